The third-order valence-corrected chi connectivity index (χ3v) is 8.46. The molecule has 2 atom stereocenters. The van der Waals surface area contributed by atoms with Crippen LogP contribution in [0.25, 0.3) is 11.3 Å². The molecule has 1 saturated carbocycles. The molecular formula is C29H34FN7O2. The zero-order valence-electron chi connectivity index (χ0n) is 22.0. The van der Waals surface area contributed by atoms with E-state index in [1.807, 2.05) is 24.0 Å². The summed E-state index contributed by atoms with van der Waals surface area (Å²) in [6.07, 6.45) is 6.92. The lowest BCUT2D eigenvalue weighted by Crippen LogP contribution is -2.53. The summed E-state index contributed by atoms with van der Waals surface area (Å²) in [5, 5.41) is 9.65. The van der Waals surface area contributed by atoms with Crippen LogP contribution in [0.4, 0.5) is 15.8 Å². The standard InChI is InChI=1S/C29H34FN7O2/c1-17-13-19(7-10-32-17)24-16-33-27(34-24)29(39)35-23-4-2-3-22(30)26(23)37-11-8-18(9-12-37)28(38)36-25-20-5-6-21(25)15-31-14-20/h2-4,7,10,13,16,18,20-21,25,31H,5-6,8-9,11-12,14-15H2,1H3,(H,33,34)(H,35,39)(H,36,38). The van der Waals surface area contributed by atoms with E-state index < -0.39 is 11.7 Å². The van der Waals surface area contributed by atoms with E-state index in [1.54, 1.807) is 24.5 Å². The number of benzene rings is 1. The fourth-order valence-corrected chi connectivity index (χ4v) is 6.38. The van der Waals surface area contributed by atoms with E-state index in [2.05, 4.69) is 30.9 Å². The molecule has 2 aromatic heterocycles. The van der Waals surface area contributed by atoms with E-state index in [4.69, 9.17) is 0 Å². The van der Waals surface area contributed by atoms with Crippen molar-refractivity contribution in [1.29, 1.82) is 0 Å². The molecule has 1 aromatic carbocycles. The van der Waals surface area contributed by atoms with Crippen LogP contribution in [0.1, 0.15) is 42.0 Å². The first-order chi connectivity index (χ1) is 19.0. The molecule has 39 heavy (non-hydrogen) atoms. The number of piperidine rings is 2. The van der Waals surface area contributed by atoms with Crippen molar-refractivity contribution in [3.63, 3.8) is 0 Å². The van der Waals surface area contributed by atoms with Gasteiger partial charge in [-0.2, -0.15) is 0 Å². The average molecular weight is 532 g/mol. The number of aromatic nitrogens is 3. The Kier molecular flexibility index (Phi) is 7.03. The number of pyridine rings is 1. The van der Waals surface area contributed by atoms with Gasteiger partial charge in [-0.15, -0.1) is 0 Å². The highest BCUT2D eigenvalue weighted by Gasteiger charge is 2.40. The lowest BCUT2D eigenvalue weighted by atomic mass is 9.90. The molecule has 2 aliphatic heterocycles. The van der Waals surface area contributed by atoms with Crippen LogP contribution < -0.4 is 20.9 Å². The summed E-state index contributed by atoms with van der Waals surface area (Å²) in [5.41, 5.74) is 3.16. The second kappa shape index (κ2) is 10.8. The fraction of sp³-hybridized carbons (Fsp3) is 0.448. The van der Waals surface area contributed by atoms with Crippen molar-refractivity contribution in [3.8, 4) is 11.3 Å². The Bertz CT molecular complexity index is 1350. The number of fused-ring (bicyclic) bond motifs is 2. The molecule has 3 fully saturated rings. The Morgan fingerprint density at radius 1 is 1.05 bits per heavy atom. The number of hydrogen-bond acceptors (Lipinski definition) is 6. The minimum absolute atomic E-state index is 0.0845. The van der Waals surface area contributed by atoms with Gasteiger partial charge in [0.1, 0.15) is 5.82 Å². The summed E-state index contributed by atoms with van der Waals surface area (Å²) in [6, 6.07) is 8.68. The van der Waals surface area contributed by atoms with Crippen LogP contribution in [0, 0.1) is 30.5 Å². The molecule has 2 bridgehead atoms. The van der Waals surface area contributed by atoms with Gasteiger partial charge in [0.25, 0.3) is 5.91 Å². The second-order valence-corrected chi connectivity index (χ2v) is 11.0. The Hall–Kier alpha value is -3.79. The Morgan fingerprint density at radius 3 is 2.56 bits per heavy atom. The molecule has 2 amide bonds. The molecule has 204 valence electrons. The first-order valence-corrected chi connectivity index (χ1v) is 13.8. The summed E-state index contributed by atoms with van der Waals surface area (Å²) in [7, 11) is 0. The molecule has 1 aliphatic carbocycles. The van der Waals surface area contributed by atoms with Crippen LogP contribution in [0.3, 0.4) is 0 Å². The predicted molar refractivity (Wildman–Crippen MR) is 147 cm³/mol. The van der Waals surface area contributed by atoms with Gasteiger partial charge in [0, 0.05) is 42.5 Å². The molecule has 3 aliphatic rings. The van der Waals surface area contributed by atoms with Gasteiger partial charge in [0.05, 0.1) is 23.3 Å². The summed E-state index contributed by atoms with van der Waals surface area (Å²) in [5.74, 6) is 0.362. The van der Waals surface area contributed by atoms with Crippen LogP contribution in [0.5, 0.6) is 0 Å². The maximum absolute atomic E-state index is 15.1. The number of para-hydroxylation sites is 1. The van der Waals surface area contributed by atoms with Crippen LogP contribution in [0.15, 0.2) is 42.7 Å². The van der Waals surface area contributed by atoms with E-state index in [0.717, 1.165) is 24.3 Å². The third-order valence-electron chi connectivity index (χ3n) is 8.46. The van der Waals surface area contributed by atoms with E-state index in [1.165, 1.54) is 18.9 Å². The highest BCUT2D eigenvalue weighted by Crippen LogP contribution is 2.35. The highest BCUT2D eigenvalue weighted by molar-refractivity contribution is 6.04. The molecule has 6 rings (SSSR count). The van der Waals surface area contributed by atoms with Crippen LogP contribution in [-0.2, 0) is 4.79 Å². The second-order valence-electron chi connectivity index (χ2n) is 11.0. The summed E-state index contributed by atoms with van der Waals surface area (Å²) < 4.78 is 15.1. The molecule has 4 N–H and O–H groups in total. The molecule has 0 radical (unpaired) electrons. The predicted octanol–water partition coefficient (Wildman–Crippen LogP) is 3.50. The number of amides is 2. The van der Waals surface area contributed by atoms with Crippen LogP contribution >= 0.6 is 0 Å². The largest absolute Gasteiger partial charge is 0.367 e. The first kappa shape index (κ1) is 25.5. The SMILES string of the molecule is Cc1cc(-c2cnc(C(=O)Nc3cccc(F)c3N3CCC(C(=O)NC4C5CCC4CNC5)CC3)[nH]2)ccn1. The zero-order chi connectivity index (χ0) is 26.9. The monoisotopic (exact) mass is 531 g/mol. The quantitative estimate of drug-likeness (QED) is 0.387. The number of hydrogen-bond donors (Lipinski definition) is 4. The average Bonchev–Trinajstić information content (AvgIpc) is 3.50. The number of aryl methyl sites for hydroxylation is 1. The lowest BCUT2D eigenvalue weighted by molar-refractivity contribution is -0.127. The van der Waals surface area contributed by atoms with Crippen molar-refractivity contribution < 1.29 is 14.0 Å². The van der Waals surface area contributed by atoms with Crippen molar-refractivity contribution in [2.24, 2.45) is 17.8 Å². The Morgan fingerprint density at radius 2 is 1.82 bits per heavy atom. The number of rotatable bonds is 6. The smallest absolute Gasteiger partial charge is 0.291 e. The minimum Gasteiger partial charge on any atom is -0.367 e. The third kappa shape index (κ3) is 5.25. The van der Waals surface area contributed by atoms with Gasteiger partial charge in [-0.3, -0.25) is 14.6 Å². The zero-order valence-corrected chi connectivity index (χ0v) is 22.0. The van der Waals surface area contributed by atoms with Crippen LogP contribution in [-0.4, -0.2) is 59.0 Å². The molecule has 0 spiro atoms. The lowest BCUT2D eigenvalue weighted by Gasteiger charge is -2.36. The van der Waals surface area contributed by atoms with Crippen molar-refractivity contribution in [2.45, 2.75) is 38.6 Å². The van der Waals surface area contributed by atoms with E-state index in [-0.39, 0.29) is 23.7 Å². The number of aromatic amines is 1. The fourth-order valence-electron chi connectivity index (χ4n) is 6.38. The van der Waals surface area contributed by atoms with E-state index in [0.29, 0.717) is 54.8 Å². The molecule has 10 heteroatoms. The molecule has 9 nitrogen and oxygen atoms in total. The normalized spacial score (nSPS) is 23.0. The molecule has 4 heterocycles. The number of nitrogens with one attached hydrogen (secondary N) is 4. The molecule has 2 saturated heterocycles. The molecule has 3 aromatic rings. The van der Waals surface area contributed by atoms with Crippen molar-refractivity contribution in [1.82, 2.24) is 25.6 Å². The van der Waals surface area contributed by atoms with E-state index in [9.17, 15) is 9.59 Å². The van der Waals surface area contributed by atoms with Gasteiger partial charge < -0.3 is 25.8 Å². The van der Waals surface area contributed by atoms with Gasteiger partial charge >= 0.3 is 0 Å². The summed E-state index contributed by atoms with van der Waals surface area (Å²) >= 11 is 0. The number of H-pyrrole nitrogens is 1. The minimum atomic E-state index is -0.454. The summed E-state index contributed by atoms with van der Waals surface area (Å²) in [6.45, 7) is 4.92. The first-order valence-electron chi connectivity index (χ1n) is 13.8. The number of nitrogens with zero attached hydrogens (tertiary/aromatic N) is 3. The van der Waals surface area contributed by atoms with Gasteiger partial charge in [-0.05, 0) is 81.8 Å². The van der Waals surface area contributed by atoms with Gasteiger partial charge in [0.15, 0.2) is 5.82 Å². The number of carbonyl (C=O) groups is 2. The van der Waals surface area contributed by atoms with Gasteiger partial charge in [-0.1, -0.05) is 6.07 Å². The van der Waals surface area contributed by atoms with Crippen molar-refractivity contribution in [2.75, 3.05) is 36.4 Å². The van der Waals surface area contributed by atoms with Gasteiger partial charge in [-0.25, -0.2) is 9.37 Å². The highest BCUT2D eigenvalue weighted by atomic mass is 19.1. The Balaban J connectivity index is 1.10. The number of imidazole rings is 1. The maximum atomic E-state index is 15.1. The van der Waals surface area contributed by atoms with Gasteiger partial charge in [0.2, 0.25) is 5.91 Å². The molecule has 2 unspecified atom stereocenters. The van der Waals surface area contributed by atoms with Crippen molar-refractivity contribution >= 4 is 23.2 Å². The van der Waals surface area contributed by atoms with E-state index >= 15 is 4.39 Å². The summed E-state index contributed by atoms with van der Waals surface area (Å²) in [4.78, 5) is 39.5. The number of halogens is 1. The van der Waals surface area contributed by atoms with Crippen molar-refractivity contribution in [3.05, 3.63) is 60.1 Å². The topological polar surface area (TPSA) is 115 Å². The number of carbonyl (C=O) groups excluding carboxylic acids is 2. The Labute approximate surface area is 227 Å². The number of anilines is 2. The maximum Gasteiger partial charge on any atom is 0.291 e. The molecular weight excluding hydrogens is 497 g/mol. The van der Waals surface area contributed by atoms with Crippen LogP contribution in [0.2, 0.25) is 0 Å².